The average molecular weight is 550 g/mol. The minimum absolute atomic E-state index is 0.0890. The van der Waals surface area contributed by atoms with Crippen LogP contribution in [0.1, 0.15) is 49.9 Å². The Balaban J connectivity index is 2.04. The summed E-state index contributed by atoms with van der Waals surface area (Å²) in [7, 11) is -4.09. The Kier molecular flexibility index (Phi) is 9.22. The number of hydrogen-bond donors (Lipinski definition) is 1. The van der Waals surface area contributed by atoms with Crippen LogP contribution in [0, 0.1) is 20.8 Å². The summed E-state index contributed by atoms with van der Waals surface area (Å²) in [5.74, 6) is -0.794. The van der Waals surface area contributed by atoms with E-state index in [4.69, 9.17) is 0 Å². The van der Waals surface area contributed by atoms with Crippen LogP contribution in [-0.2, 0) is 26.2 Å². The fourth-order valence-corrected chi connectivity index (χ4v) is 5.62. The summed E-state index contributed by atoms with van der Waals surface area (Å²) < 4.78 is 28.9. The number of amides is 2. The van der Waals surface area contributed by atoms with Gasteiger partial charge in [0.05, 0.1) is 10.6 Å². The van der Waals surface area contributed by atoms with Gasteiger partial charge in [-0.2, -0.15) is 0 Å². The lowest BCUT2D eigenvalue weighted by Crippen LogP contribution is -2.54. The van der Waals surface area contributed by atoms with Gasteiger partial charge in [0, 0.05) is 12.1 Å². The van der Waals surface area contributed by atoms with Gasteiger partial charge < -0.3 is 10.2 Å². The first-order valence-electron chi connectivity index (χ1n) is 13.0. The molecular weight excluding hydrogens is 510 g/mol. The second kappa shape index (κ2) is 12.0. The van der Waals surface area contributed by atoms with Crippen molar-refractivity contribution in [3.05, 3.63) is 95.1 Å². The molecule has 0 aliphatic carbocycles. The number of carbonyl (C=O) groups excluding carboxylic acids is 2. The minimum Gasteiger partial charge on any atom is -0.350 e. The molecule has 0 spiro atoms. The molecule has 0 radical (unpaired) electrons. The van der Waals surface area contributed by atoms with Crippen molar-refractivity contribution in [2.75, 3.05) is 10.8 Å². The van der Waals surface area contributed by atoms with Crippen LogP contribution in [0.5, 0.6) is 0 Å². The quantitative estimate of drug-likeness (QED) is 0.401. The standard InChI is InChI=1S/C31H39N3O4S/c1-22-14-16-28(17-15-22)39(37,38)34(27-13-9-11-24(3)19-27)21-29(35)33(20-26-12-8-10-23(2)18-26)25(4)30(36)32-31(5,6)7/h8-19,25H,20-21H2,1-7H3,(H,32,36)/t25-/m0/s1. The third-order valence-corrected chi connectivity index (χ3v) is 8.07. The number of hydrogen-bond acceptors (Lipinski definition) is 4. The maximum absolute atomic E-state index is 14.0. The number of aryl methyl sites for hydroxylation is 3. The first-order chi connectivity index (χ1) is 18.2. The summed E-state index contributed by atoms with van der Waals surface area (Å²) in [6.07, 6.45) is 0. The molecule has 0 aromatic heterocycles. The molecule has 0 aliphatic rings. The Hall–Kier alpha value is -3.65. The molecule has 2 amide bonds. The normalized spacial score (nSPS) is 12.5. The van der Waals surface area contributed by atoms with Gasteiger partial charge in [-0.05, 0) is 83.9 Å². The summed E-state index contributed by atoms with van der Waals surface area (Å²) in [5.41, 5.74) is 3.54. The lowest BCUT2D eigenvalue weighted by atomic mass is 10.1. The van der Waals surface area contributed by atoms with E-state index < -0.39 is 34.1 Å². The number of rotatable bonds is 9. The predicted octanol–water partition coefficient (Wildman–Crippen LogP) is 5.14. The number of sulfonamides is 1. The molecule has 1 N–H and O–H groups in total. The number of carbonyl (C=O) groups is 2. The van der Waals surface area contributed by atoms with Gasteiger partial charge in [0.25, 0.3) is 10.0 Å². The predicted molar refractivity (Wildman–Crippen MR) is 156 cm³/mol. The maximum atomic E-state index is 14.0. The third kappa shape index (κ3) is 7.93. The van der Waals surface area contributed by atoms with Crippen LogP contribution in [0.25, 0.3) is 0 Å². The second-order valence-corrected chi connectivity index (χ2v) is 13.0. The van der Waals surface area contributed by atoms with E-state index in [1.165, 1.54) is 4.90 Å². The van der Waals surface area contributed by atoms with E-state index >= 15 is 0 Å². The van der Waals surface area contributed by atoms with E-state index in [2.05, 4.69) is 5.32 Å². The highest BCUT2D eigenvalue weighted by atomic mass is 32.2. The summed E-state index contributed by atoms with van der Waals surface area (Å²) >= 11 is 0. The fourth-order valence-electron chi connectivity index (χ4n) is 4.21. The van der Waals surface area contributed by atoms with Crippen LogP contribution in [0.15, 0.2) is 77.7 Å². The lowest BCUT2D eigenvalue weighted by Gasteiger charge is -2.33. The van der Waals surface area contributed by atoms with Gasteiger partial charge in [-0.25, -0.2) is 8.42 Å². The van der Waals surface area contributed by atoms with Crippen LogP contribution in [0.4, 0.5) is 5.69 Å². The monoisotopic (exact) mass is 549 g/mol. The van der Waals surface area contributed by atoms with Gasteiger partial charge in [-0.3, -0.25) is 13.9 Å². The summed E-state index contributed by atoms with van der Waals surface area (Å²) in [5, 5.41) is 2.94. The van der Waals surface area contributed by atoms with Crippen molar-refractivity contribution in [1.29, 1.82) is 0 Å². The van der Waals surface area contributed by atoms with Crippen molar-refractivity contribution < 1.29 is 18.0 Å². The Morgan fingerprint density at radius 3 is 2.00 bits per heavy atom. The summed E-state index contributed by atoms with van der Waals surface area (Å²) in [6.45, 7) is 12.7. The summed E-state index contributed by atoms with van der Waals surface area (Å²) in [6, 6.07) is 20.4. The number of anilines is 1. The molecule has 0 aliphatic heterocycles. The maximum Gasteiger partial charge on any atom is 0.264 e. The van der Waals surface area contributed by atoms with Gasteiger partial charge in [-0.15, -0.1) is 0 Å². The number of benzene rings is 3. The largest absolute Gasteiger partial charge is 0.350 e. The number of nitrogens with zero attached hydrogens (tertiary/aromatic N) is 2. The minimum atomic E-state index is -4.09. The van der Waals surface area contributed by atoms with E-state index in [1.807, 2.05) is 71.9 Å². The van der Waals surface area contributed by atoms with Crippen LogP contribution < -0.4 is 9.62 Å². The zero-order chi connectivity index (χ0) is 29.0. The third-order valence-electron chi connectivity index (χ3n) is 6.28. The molecular formula is C31H39N3O4S. The highest BCUT2D eigenvalue weighted by molar-refractivity contribution is 7.92. The molecule has 0 unspecified atom stereocenters. The van der Waals surface area contributed by atoms with Crippen molar-refractivity contribution in [2.24, 2.45) is 0 Å². The topological polar surface area (TPSA) is 86.8 Å². The first kappa shape index (κ1) is 29.9. The average Bonchev–Trinajstić information content (AvgIpc) is 2.84. The molecule has 208 valence electrons. The van der Waals surface area contributed by atoms with Gasteiger partial charge in [-0.1, -0.05) is 59.7 Å². The molecule has 1 atom stereocenters. The SMILES string of the molecule is Cc1ccc(S(=O)(=O)N(CC(=O)N(Cc2cccc(C)c2)[C@@H](C)C(=O)NC(C)(C)C)c2cccc(C)c2)cc1. The van der Waals surface area contributed by atoms with Gasteiger partial charge in [0.2, 0.25) is 11.8 Å². The Labute approximate surface area is 232 Å². The van der Waals surface area contributed by atoms with Crippen LogP contribution in [-0.4, -0.2) is 43.3 Å². The molecule has 7 nitrogen and oxygen atoms in total. The lowest BCUT2D eigenvalue weighted by molar-refractivity contribution is -0.140. The second-order valence-electron chi connectivity index (χ2n) is 11.1. The molecule has 0 heterocycles. The smallest absolute Gasteiger partial charge is 0.264 e. The zero-order valence-corrected chi connectivity index (χ0v) is 24.7. The highest BCUT2D eigenvalue weighted by Gasteiger charge is 2.33. The summed E-state index contributed by atoms with van der Waals surface area (Å²) in [4.78, 5) is 28.7. The van der Waals surface area contributed by atoms with Gasteiger partial charge >= 0.3 is 0 Å². The molecule has 3 aromatic rings. The Morgan fingerprint density at radius 1 is 0.846 bits per heavy atom. The van der Waals surface area contributed by atoms with Crippen molar-refractivity contribution in [3.8, 4) is 0 Å². The zero-order valence-electron chi connectivity index (χ0n) is 23.9. The van der Waals surface area contributed by atoms with Crippen molar-refractivity contribution in [3.63, 3.8) is 0 Å². The van der Waals surface area contributed by atoms with Gasteiger partial charge in [0.15, 0.2) is 0 Å². The van der Waals surface area contributed by atoms with Crippen LogP contribution in [0.2, 0.25) is 0 Å². The Morgan fingerprint density at radius 2 is 1.44 bits per heavy atom. The Bertz CT molecular complexity index is 1430. The first-order valence-corrected chi connectivity index (χ1v) is 14.4. The van der Waals surface area contributed by atoms with Crippen molar-refractivity contribution in [1.82, 2.24) is 10.2 Å². The van der Waals surface area contributed by atoms with E-state index in [9.17, 15) is 18.0 Å². The van der Waals surface area contributed by atoms with E-state index in [0.29, 0.717) is 5.69 Å². The molecule has 0 saturated carbocycles. The van der Waals surface area contributed by atoms with Gasteiger partial charge in [0.1, 0.15) is 12.6 Å². The van der Waals surface area contributed by atoms with E-state index in [0.717, 1.165) is 26.6 Å². The molecule has 0 saturated heterocycles. The fraction of sp³-hybridized carbons (Fsp3) is 0.355. The molecule has 3 rings (SSSR count). The molecule has 8 heteroatoms. The van der Waals surface area contributed by atoms with E-state index in [-0.39, 0.29) is 17.3 Å². The highest BCUT2D eigenvalue weighted by Crippen LogP contribution is 2.26. The molecule has 0 fully saturated rings. The number of nitrogens with one attached hydrogen (secondary N) is 1. The van der Waals surface area contributed by atoms with Crippen LogP contribution in [0.3, 0.4) is 0 Å². The van der Waals surface area contributed by atoms with E-state index in [1.54, 1.807) is 49.4 Å². The van der Waals surface area contributed by atoms with Crippen molar-refractivity contribution >= 4 is 27.5 Å². The van der Waals surface area contributed by atoms with Crippen LogP contribution >= 0.6 is 0 Å². The molecule has 39 heavy (non-hydrogen) atoms. The molecule has 0 bridgehead atoms. The van der Waals surface area contributed by atoms with Crippen molar-refractivity contribution in [2.45, 2.75) is 71.5 Å². The molecule has 3 aromatic carbocycles.